The van der Waals surface area contributed by atoms with Gasteiger partial charge in [-0.05, 0) is 103 Å². The molecule has 0 saturated carbocycles. The topological polar surface area (TPSA) is 175 Å². The molecule has 4 amide bonds. The Hall–Kier alpha value is -7.82. The van der Waals surface area contributed by atoms with Crippen molar-refractivity contribution in [3.63, 3.8) is 0 Å². The Morgan fingerprint density at radius 3 is 2.30 bits per heavy atom. The first-order valence-corrected chi connectivity index (χ1v) is 22.2. The predicted molar refractivity (Wildman–Crippen MR) is 249 cm³/mol. The van der Waals surface area contributed by atoms with E-state index in [-0.39, 0.29) is 29.5 Å². The Balaban J connectivity index is 0.899. The van der Waals surface area contributed by atoms with Crippen molar-refractivity contribution < 1.29 is 23.9 Å². The first kappa shape index (κ1) is 42.1. The van der Waals surface area contributed by atoms with Gasteiger partial charge in [0, 0.05) is 87.4 Å². The number of aromatic nitrogens is 7. The van der Waals surface area contributed by atoms with Crippen molar-refractivity contribution in [2.45, 2.75) is 50.9 Å². The largest absolute Gasteiger partial charge is 0.467 e. The van der Waals surface area contributed by atoms with Crippen molar-refractivity contribution in [2.24, 2.45) is 14.1 Å². The van der Waals surface area contributed by atoms with Gasteiger partial charge in [-0.3, -0.25) is 34.4 Å². The van der Waals surface area contributed by atoms with E-state index in [2.05, 4.69) is 50.6 Å². The van der Waals surface area contributed by atoms with Crippen molar-refractivity contribution in [1.82, 2.24) is 39.4 Å². The van der Waals surface area contributed by atoms with Crippen LogP contribution < -0.4 is 35.2 Å². The Kier molecular flexibility index (Phi) is 11.0. The molecule has 0 bridgehead atoms. The monoisotopic (exact) mass is 887 g/mol. The number of pyridine rings is 2. The van der Waals surface area contributed by atoms with E-state index >= 15 is 0 Å². The fraction of sp³-hybridized carbons (Fsp3) is 0.306. The summed E-state index contributed by atoms with van der Waals surface area (Å²) in [6.45, 7) is 4.75. The molecule has 3 aliphatic rings. The second kappa shape index (κ2) is 17.3. The second-order valence-electron chi connectivity index (χ2n) is 16.9. The van der Waals surface area contributed by atoms with Gasteiger partial charge in [0.15, 0.2) is 0 Å². The van der Waals surface area contributed by atoms with Crippen LogP contribution >= 0.6 is 0 Å². The summed E-state index contributed by atoms with van der Waals surface area (Å²) < 4.78 is 16.7. The fourth-order valence-corrected chi connectivity index (χ4v) is 9.64. The molecule has 336 valence electrons. The lowest BCUT2D eigenvalue weighted by Crippen LogP contribution is -2.39. The number of nitrogens with one attached hydrogen (secondary N) is 1. The molecule has 3 aliphatic heterocycles. The molecule has 3 saturated heterocycles. The summed E-state index contributed by atoms with van der Waals surface area (Å²) in [4.78, 5) is 66.4. The van der Waals surface area contributed by atoms with Gasteiger partial charge >= 0.3 is 17.7 Å². The lowest BCUT2D eigenvalue weighted by molar-refractivity contribution is -0.134. The molecule has 0 radical (unpaired) electrons. The average Bonchev–Trinajstić information content (AvgIpc) is 3.99. The highest BCUT2D eigenvalue weighted by Crippen LogP contribution is 2.41. The van der Waals surface area contributed by atoms with Crippen molar-refractivity contribution in [3.05, 3.63) is 125 Å². The van der Waals surface area contributed by atoms with Crippen LogP contribution in [0, 0.1) is 0 Å². The van der Waals surface area contributed by atoms with Crippen molar-refractivity contribution in [2.75, 3.05) is 48.0 Å². The van der Waals surface area contributed by atoms with Gasteiger partial charge in [0.1, 0.15) is 17.3 Å². The van der Waals surface area contributed by atoms with Crippen molar-refractivity contribution in [1.29, 1.82) is 0 Å². The highest BCUT2D eigenvalue weighted by Gasteiger charge is 2.35. The Morgan fingerprint density at radius 2 is 1.56 bits per heavy atom. The molecule has 17 heteroatoms. The summed E-state index contributed by atoms with van der Waals surface area (Å²) >= 11 is 0. The molecule has 7 aromatic rings. The quantitative estimate of drug-likeness (QED) is 0.138. The number of fused-ring (bicyclic) bond motifs is 1. The van der Waals surface area contributed by atoms with Crippen molar-refractivity contribution >= 4 is 45.9 Å². The summed E-state index contributed by atoms with van der Waals surface area (Å²) in [5.41, 5.74) is 7.36. The van der Waals surface area contributed by atoms with E-state index in [1.165, 1.54) is 21.9 Å². The van der Waals surface area contributed by atoms with Crippen LogP contribution in [0.1, 0.15) is 61.3 Å². The number of nitrogens with zero attached hydrogens (tertiary/aromatic N) is 10. The number of methoxy groups -OCH3 is 1. The maximum Gasteiger partial charge on any atom is 0.353 e. The lowest BCUT2D eigenvalue weighted by Gasteiger charge is -2.34. The Labute approximate surface area is 380 Å². The molecule has 1 unspecified atom stereocenters. The number of ether oxygens (including phenoxy) is 2. The number of urea groups is 1. The lowest BCUT2D eigenvalue weighted by atomic mass is 9.89. The molecule has 17 nitrogen and oxygen atoms in total. The number of carbonyl (C=O) groups is 3. The van der Waals surface area contributed by atoms with Crippen molar-refractivity contribution in [3.8, 4) is 34.3 Å². The molecule has 1 N–H and O–H groups in total. The van der Waals surface area contributed by atoms with E-state index < -0.39 is 5.92 Å². The van der Waals surface area contributed by atoms with Crippen LogP contribution in [-0.4, -0.2) is 85.2 Å². The minimum atomic E-state index is -0.443. The number of carbonyl (C=O) groups excluding carboxylic acids is 3. The predicted octanol–water partition coefficient (Wildman–Crippen LogP) is 6.63. The number of imide groups is 1. The Morgan fingerprint density at radius 1 is 0.773 bits per heavy atom. The van der Waals surface area contributed by atoms with Crippen LogP contribution in [0.15, 0.2) is 102 Å². The number of anilines is 3. The zero-order valence-electron chi connectivity index (χ0n) is 37.2. The first-order chi connectivity index (χ1) is 32.1. The van der Waals surface area contributed by atoms with Gasteiger partial charge in [0.2, 0.25) is 11.8 Å². The summed E-state index contributed by atoms with van der Waals surface area (Å²) in [5.74, 6) is 1.09. The van der Waals surface area contributed by atoms with Crippen LogP contribution in [0.3, 0.4) is 0 Å². The van der Waals surface area contributed by atoms with Gasteiger partial charge in [0.25, 0.3) is 0 Å². The molecule has 7 heterocycles. The van der Waals surface area contributed by atoms with Gasteiger partial charge in [-0.1, -0.05) is 19.1 Å². The number of benzene rings is 3. The van der Waals surface area contributed by atoms with E-state index in [1.54, 1.807) is 35.4 Å². The molecule has 0 spiro atoms. The summed E-state index contributed by atoms with van der Waals surface area (Å²) in [6, 6.07) is 25.7. The fourth-order valence-electron chi connectivity index (χ4n) is 9.64. The van der Waals surface area contributed by atoms with Gasteiger partial charge < -0.3 is 14.4 Å². The van der Waals surface area contributed by atoms with Crippen LogP contribution in [0.5, 0.6) is 17.5 Å². The zero-order chi connectivity index (χ0) is 45.6. The maximum atomic E-state index is 13.9. The van der Waals surface area contributed by atoms with Crippen LogP contribution in [-0.2, 0) is 30.1 Å². The molecule has 66 heavy (non-hydrogen) atoms. The maximum absolute atomic E-state index is 13.9. The number of aryl methyl sites for hydroxylation is 2. The molecule has 1 atom stereocenters. The molecule has 0 aliphatic carbocycles. The third-order valence-corrected chi connectivity index (χ3v) is 13.1. The van der Waals surface area contributed by atoms with Gasteiger partial charge in [0.05, 0.1) is 41.8 Å². The van der Waals surface area contributed by atoms with E-state index in [4.69, 9.17) is 19.6 Å². The second-order valence-corrected chi connectivity index (χ2v) is 16.9. The zero-order valence-corrected chi connectivity index (χ0v) is 37.2. The normalized spacial score (nSPS) is 16.9. The molecule has 3 aromatic carbocycles. The summed E-state index contributed by atoms with van der Waals surface area (Å²) in [5, 5.41) is 12.4. The molecular formula is C49H49N11O6. The number of hydrogen-bond donors (Lipinski definition) is 1. The number of piperidine rings is 2. The van der Waals surface area contributed by atoms with E-state index in [1.807, 2.05) is 67.2 Å². The highest BCUT2D eigenvalue weighted by molar-refractivity contribution is 6.06. The summed E-state index contributed by atoms with van der Waals surface area (Å²) in [7, 11) is 4.94. The van der Waals surface area contributed by atoms with Crippen LogP contribution in [0.25, 0.3) is 27.7 Å². The minimum Gasteiger partial charge on any atom is -0.467 e. The van der Waals surface area contributed by atoms with Gasteiger partial charge in [-0.15, -0.1) is 5.10 Å². The van der Waals surface area contributed by atoms with Gasteiger partial charge in [-0.2, -0.15) is 5.10 Å². The number of hydrogen-bond acceptors (Lipinski definition) is 11. The molecule has 10 rings (SSSR count). The average molecular weight is 888 g/mol. The Bertz CT molecular complexity index is 3060. The van der Waals surface area contributed by atoms with Crippen LogP contribution in [0.4, 0.5) is 22.0 Å². The number of amides is 4. The smallest absolute Gasteiger partial charge is 0.353 e. The van der Waals surface area contributed by atoms with Crippen LogP contribution in [0.2, 0.25) is 0 Å². The van der Waals surface area contributed by atoms with E-state index in [9.17, 15) is 19.2 Å². The van der Waals surface area contributed by atoms with E-state index in [0.29, 0.717) is 67.0 Å². The summed E-state index contributed by atoms with van der Waals surface area (Å²) in [6.07, 6.45) is 8.36. The number of rotatable bonds is 11. The standard InChI is InChI=1S/C49H49N11O6/c1-5-36-37(18-22-51-45(36)59-26-25-58(49(59)64)34-7-6-21-50-29-34)38-14-11-33(60-47(65-4)54-56(3)48(60)63)28-42(38)66-35-12-8-30(9-13-35)31-19-23-57(24-20-31)32-10-15-39-41(27-32)55(2)53-44(39)40-16-17-43(61)52-46(40)62/h6-15,18,21-22,27-29,31,40H,5,16-17,19-20,23-26H2,1-4H3,(H,52,61,62). The SMILES string of the molecule is CCc1c(-c2ccc(-n3c(OC)nn(C)c3=O)cc2Oc2ccc(C3CCN(c4ccc5c(C6CCC(=O)NC6=O)nn(C)c5c4)CC3)cc2)ccnc1N1CCN(c2cccnc2)C1=O. The third kappa shape index (κ3) is 7.58. The minimum absolute atomic E-state index is 0.138. The van der Waals surface area contributed by atoms with E-state index in [0.717, 1.165) is 64.9 Å². The van der Waals surface area contributed by atoms with Gasteiger partial charge in [-0.25, -0.2) is 23.8 Å². The first-order valence-electron chi connectivity index (χ1n) is 22.2. The molecule has 3 fully saturated rings. The molecular weight excluding hydrogens is 839 g/mol. The molecule has 4 aromatic heterocycles. The third-order valence-electron chi connectivity index (χ3n) is 13.1. The highest BCUT2D eigenvalue weighted by atomic mass is 16.5.